The summed E-state index contributed by atoms with van der Waals surface area (Å²) in [5.74, 6) is -0.889. The number of sulfone groups is 1. The minimum absolute atomic E-state index is 0.0570. The first-order valence-electron chi connectivity index (χ1n) is 5.99. The van der Waals surface area contributed by atoms with Gasteiger partial charge in [-0.25, -0.2) is 18.4 Å². The summed E-state index contributed by atoms with van der Waals surface area (Å²) in [4.78, 5) is 20.1. The Morgan fingerprint density at radius 3 is 2.71 bits per heavy atom. The molecule has 2 heterocycles. The monoisotopic (exact) mass is 323 g/mol. The van der Waals surface area contributed by atoms with E-state index in [1.165, 1.54) is 18.3 Å². The zero-order valence-corrected chi connectivity index (χ0v) is 12.4. The Morgan fingerprint density at radius 2 is 2.05 bits per heavy atom. The van der Waals surface area contributed by atoms with Crippen LogP contribution < -0.4 is 5.32 Å². The molecule has 0 fully saturated rings. The highest BCUT2D eigenvalue weighted by Gasteiger charge is 2.33. The summed E-state index contributed by atoms with van der Waals surface area (Å²) in [5, 5.41) is 2.73. The van der Waals surface area contributed by atoms with Crippen LogP contribution in [0.5, 0.6) is 0 Å². The number of benzene rings is 1. The van der Waals surface area contributed by atoms with Crippen molar-refractivity contribution < 1.29 is 13.2 Å². The van der Waals surface area contributed by atoms with Gasteiger partial charge in [0, 0.05) is 18.1 Å². The molecule has 0 bridgehead atoms. The molecule has 108 valence electrons. The number of fused-ring (bicyclic) bond motifs is 1. The molecule has 0 saturated heterocycles. The lowest BCUT2D eigenvalue weighted by Crippen LogP contribution is -2.14. The van der Waals surface area contributed by atoms with Gasteiger partial charge in [-0.2, -0.15) is 0 Å². The highest BCUT2D eigenvalue weighted by atomic mass is 35.5. The van der Waals surface area contributed by atoms with Crippen molar-refractivity contribution in [1.82, 2.24) is 9.97 Å². The normalized spacial score (nSPS) is 17.4. The van der Waals surface area contributed by atoms with E-state index in [1.54, 1.807) is 12.1 Å². The van der Waals surface area contributed by atoms with E-state index in [1.807, 2.05) is 0 Å². The van der Waals surface area contributed by atoms with E-state index in [2.05, 4.69) is 15.3 Å². The minimum atomic E-state index is -3.33. The lowest BCUT2D eigenvalue weighted by atomic mass is 9.97. The number of halogens is 1. The Labute approximate surface area is 126 Å². The molecule has 1 aromatic heterocycles. The second kappa shape index (κ2) is 4.78. The highest BCUT2D eigenvalue weighted by molar-refractivity contribution is 7.90. The Balaban J connectivity index is 2.11. The molecule has 1 aromatic carbocycles. The van der Waals surface area contributed by atoms with Crippen LogP contribution in [0.4, 0.5) is 5.69 Å². The maximum absolute atomic E-state index is 12.1. The number of carbonyl (C=O) groups excluding carboxylic acids is 1. The molecule has 1 aliphatic rings. The smallest absolute Gasteiger partial charge is 0.238 e. The van der Waals surface area contributed by atoms with E-state index >= 15 is 0 Å². The lowest BCUT2D eigenvalue weighted by Gasteiger charge is -2.08. The molecule has 0 aliphatic carbocycles. The van der Waals surface area contributed by atoms with Crippen molar-refractivity contribution in [2.45, 2.75) is 10.8 Å². The first-order valence-corrected chi connectivity index (χ1v) is 8.26. The number of anilines is 1. The fourth-order valence-corrected chi connectivity index (χ4v) is 3.08. The number of nitrogens with zero attached hydrogens (tertiary/aromatic N) is 2. The predicted octanol–water partition coefficient (Wildman–Crippen LogP) is 1.62. The van der Waals surface area contributed by atoms with E-state index in [0.717, 1.165) is 6.26 Å². The third-order valence-electron chi connectivity index (χ3n) is 3.23. The van der Waals surface area contributed by atoms with Crippen molar-refractivity contribution >= 4 is 33.0 Å². The number of aromatic nitrogens is 2. The largest absolute Gasteiger partial charge is 0.325 e. The third kappa shape index (κ3) is 2.50. The second-order valence-corrected chi connectivity index (χ2v) is 7.05. The summed E-state index contributed by atoms with van der Waals surface area (Å²) in [6.45, 7) is 0. The first kappa shape index (κ1) is 14.0. The molecule has 1 N–H and O–H groups in total. The maximum atomic E-state index is 12.1. The third-order valence-corrected chi connectivity index (χ3v) is 4.52. The molecule has 8 heteroatoms. The van der Waals surface area contributed by atoms with E-state index in [4.69, 9.17) is 11.6 Å². The van der Waals surface area contributed by atoms with Crippen LogP contribution in [-0.2, 0) is 14.6 Å². The fourth-order valence-electron chi connectivity index (χ4n) is 2.27. The number of hydrogen-bond acceptors (Lipinski definition) is 5. The standard InChI is InChI=1S/C13H10ClN3O3S/c1-21(19,20)7-2-3-8-10(6-7)16-12(18)11(8)9-4-5-15-13(14)17-9/h2-6,11H,1H3,(H,16,18). The average molecular weight is 324 g/mol. The molecule has 0 radical (unpaired) electrons. The summed E-state index contributed by atoms with van der Waals surface area (Å²) in [6.07, 6.45) is 2.59. The number of hydrogen-bond donors (Lipinski definition) is 1. The predicted molar refractivity (Wildman–Crippen MR) is 77.1 cm³/mol. The molecule has 1 amide bonds. The summed E-state index contributed by atoms with van der Waals surface area (Å²) in [5.41, 5.74) is 1.61. The maximum Gasteiger partial charge on any atom is 0.238 e. The molecule has 21 heavy (non-hydrogen) atoms. The summed E-state index contributed by atoms with van der Waals surface area (Å²) in [7, 11) is -3.33. The topological polar surface area (TPSA) is 89.0 Å². The number of nitrogens with one attached hydrogen (secondary N) is 1. The average Bonchev–Trinajstić information content (AvgIpc) is 2.72. The van der Waals surface area contributed by atoms with Crippen LogP contribution in [0.1, 0.15) is 17.2 Å². The zero-order valence-electron chi connectivity index (χ0n) is 10.9. The number of amides is 1. The van der Waals surface area contributed by atoms with Crippen LogP contribution in [-0.4, -0.2) is 30.5 Å². The molecule has 2 aromatic rings. The van der Waals surface area contributed by atoms with E-state index in [9.17, 15) is 13.2 Å². The van der Waals surface area contributed by atoms with E-state index in [-0.39, 0.29) is 16.1 Å². The van der Waals surface area contributed by atoms with Gasteiger partial charge in [-0.1, -0.05) is 6.07 Å². The van der Waals surface area contributed by atoms with Gasteiger partial charge in [0.15, 0.2) is 9.84 Å². The SMILES string of the molecule is CS(=O)(=O)c1ccc2c(c1)NC(=O)C2c1ccnc(Cl)n1. The van der Waals surface area contributed by atoms with Crippen molar-refractivity contribution in [2.75, 3.05) is 11.6 Å². The molecular weight excluding hydrogens is 314 g/mol. The van der Waals surface area contributed by atoms with Crippen LogP contribution in [0.15, 0.2) is 35.4 Å². The van der Waals surface area contributed by atoms with Gasteiger partial charge in [-0.15, -0.1) is 0 Å². The lowest BCUT2D eigenvalue weighted by molar-refractivity contribution is -0.116. The first-order chi connectivity index (χ1) is 9.86. The van der Waals surface area contributed by atoms with E-state index in [0.29, 0.717) is 16.9 Å². The summed E-state index contributed by atoms with van der Waals surface area (Å²) in [6, 6.07) is 6.15. The molecular formula is C13H10ClN3O3S. The van der Waals surface area contributed by atoms with Crippen LogP contribution in [0.2, 0.25) is 5.28 Å². The molecule has 1 aliphatic heterocycles. The quantitative estimate of drug-likeness (QED) is 0.848. The Morgan fingerprint density at radius 1 is 1.29 bits per heavy atom. The van der Waals surface area contributed by atoms with Crippen molar-refractivity contribution in [3.8, 4) is 0 Å². The summed E-state index contributed by atoms with van der Waals surface area (Å²) < 4.78 is 23.1. The number of rotatable bonds is 2. The van der Waals surface area contributed by atoms with Crippen molar-refractivity contribution in [2.24, 2.45) is 0 Å². The Bertz CT molecular complexity index is 851. The van der Waals surface area contributed by atoms with Crippen molar-refractivity contribution in [3.05, 3.63) is 47.0 Å². The Kier molecular flexibility index (Phi) is 3.18. The Hall–Kier alpha value is -1.99. The van der Waals surface area contributed by atoms with Gasteiger partial charge in [0.25, 0.3) is 0 Å². The molecule has 3 rings (SSSR count). The van der Waals surface area contributed by atoms with Gasteiger partial charge in [0.2, 0.25) is 11.2 Å². The van der Waals surface area contributed by atoms with Crippen LogP contribution in [0.3, 0.4) is 0 Å². The molecule has 0 spiro atoms. The molecule has 0 saturated carbocycles. The van der Waals surface area contributed by atoms with Crippen molar-refractivity contribution in [1.29, 1.82) is 0 Å². The zero-order chi connectivity index (χ0) is 15.2. The van der Waals surface area contributed by atoms with Crippen LogP contribution in [0, 0.1) is 0 Å². The number of carbonyl (C=O) groups is 1. The van der Waals surface area contributed by atoms with Gasteiger partial charge in [0.05, 0.1) is 10.6 Å². The second-order valence-electron chi connectivity index (χ2n) is 4.69. The minimum Gasteiger partial charge on any atom is -0.325 e. The fraction of sp³-hybridized carbons (Fsp3) is 0.154. The molecule has 1 atom stereocenters. The van der Waals surface area contributed by atoms with Crippen LogP contribution in [0.25, 0.3) is 0 Å². The van der Waals surface area contributed by atoms with Gasteiger partial charge in [-0.3, -0.25) is 4.79 Å². The molecule has 1 unspecified atom stereocenters. The van der Waals surface area contributed by atoms with Gasteiger partial charge in [0.1, 0.15) is 5.92 Å². The van der Waals surface area contributed by atoms with Crippen molar-refractivity contribution in [3.63, 3.8) is 0 Å². The van der Waals surface area contributed by atoms with Gasteiger partial charge < -0.3 is 5.32 Å². The van der Waals surface area contributed by atoms with E-state index < -0.39 is 15.8 Å². The van der Waals surface area contributed by atoms with Gasteiger partial charge >= 0.3 is 0 Å². The highest BCUT2D eigenvalue weighted by Crippen LogP contribution is 2.37. The van der Waals surface area contributed by atoms with Crippen LogP contribution >= 0.6 is 11.6 Å². The molecule has 6 nitrogen and oxygen atoms in total. The summed E-state index contributed by atoms with van der Waals surface area (Å²) >= 11 is 5.75. The van der Waals surface area contributed by atoms with Gasteiger partial charge in [-0.05, 0) is 35.4 Å².